The van der Waals surface area contributed by atoms with Gasteiger partial charge in [0, 0.05) is 0 Å². The molecule has 4 rings (SSSR count). The van der Waals surface area contributed by atoms with Crippen LogP contribution in [0, 0.1) is 6.42 Å². The van der Waals surface area contributed by atoms with Crippen molar-refractivity contribution in [3.8, 4) is 0 Å². The Morgan fingerprint density at radius 1 is 1.15 bits per heavy atom. The summed E-state index contributed by atoms with van der Waals surface area (Å²) in [5, 5.41) is 0. The molecule has 0 N–H and O–H groups in total. The van der Waals surface area contributed by atoms with Gasteiger partial charge in [-0.05, 0) is 0 Å². The van der Waals surface area contributed by atoms with Crippen LogP contribution >= 0.6 is 0 Å². The van der Waals surface area contributed by atoms with Crippen LogP contribution in [-0.4, -0.2) is 15.8 Å². The second kappa shape index (κ2) is 7.66. The number of nitrogens with zero attached hydrogens (tertiary/aromatic N) is 1. The fourth-order valence-electron chi connectivity index (χ4n) is 3.65. The minimum absolute atomic E-state index is 0.165. The summed E-state index contributed by atoms with van der Waals surface area (Å²) in [6.45, 7) is 3.28. The van der Waals surface area contributed by atoms with Crippen LogP contribution in [0.4, 0.5) is 0 Å². The van der Waals surface area contributed by atoms with Crippen LogP contribution in [0.2, 0.25) is 0 Å². The molecule has 2 heterocycles. The molecule has 1 radical (unpaired) electrons. The molecule has 0 amide bonds. The van der Waals surface area contributed by atoms with E-state index in [0.29, 0.717) is 0 Å². The molecule has 131 valence electrons. The van der Waals surface area contributed by atoms with Crippen molar-refractivity contribution in [2.24, 2.45) is 0 Å². The molecule has 3 heteroatoms. The molecule has 0 saturated carbocycles. The van der Waals surface area contributed by atoms with Crippen LogP contribution in [0.5, 0.6) is 0 Å². The van der Waals surface area contributed by atoms with Gasteiger partial charge < -0.3 is 0 Å². The third-order valence-electron chi connectivity index (χ3n) is 4.91. The summed E-state index contributed by atoms with van der Waals surface area (Å²) >= 11 is 3.35. The summed E-state index contributed by atoms with van der Waals surface area (Å²) in [6, 6.07) is 14.8. The van der Waals surface area contributed by atoms with Crippen molar-refractivity contribution in [2.45, 2.75) is 25.8 Å². The van der Waals surface area contributed by atoms with E-state index in [1.165, 1.54) is 39.6 Å². The Morgan fingerprint density at radius 2 is 2.00 bits per heavy atom. The number of furan rings is 1. The molecule has 26 heavy (non-hydrogen) atoms. The molecular formula is C23H22CrNO. The number of unbranched alkanes of at least 4 members (excludes halogenated alkanes) is 1. The van der Waals surface area contributed by atoms with Crippen molar-refractivity contribution in [3.05, 3.63) is 102 Å². The van der Waals surface area contributed by atoms with Crippen molar-refractivity contribution < 1.29 is 20.3 Å². The van der Waals surface area contributed by atoms with E-state index in [2.05, 4.69) is 88.7 Å². The van der Waals surface area contributed by atoms with Gasteiger partial charge in [-0.1, -0.05) is 0 Å². The van der Waals surface area contributed by atoms with Gasteiger partial charge in [-0.2, -0.15) is 0 Å². The van der Waals surface area contributed by atoms with Crippen LogP contribution in [0.25, 0.3) is 0 Å². The number of benzene rings is 1. The normalized spacial score (nSPS) is 18.9. The first-order valence-electron chi connectivity index (χ1n) is 9.17. The van der Waals surface area contributed by atoms with E-state index >= 15 is 0 Å². The van der Waals surface area contributed by atoms with Gasteiger partial charge in [0.05, 0.1) is 0 Å². The van der Waals surface area contributed by atoms with Gasteiger partial charge in [0.25, 0.3) is 0 Å². The van der Waals surface area contributed by atoms with Crippen molar-refractivity contribution in [3.63, 3.8) is 0 Å². The summed E-state index contributed by atoms with van der Waals surface area (Å²) in [5.41, 5.74) is 5.15. The van der Waals surface area contributed by atoms with Crippen molar-refractivity contribution >= 4 is 4.38 Å². The van der Waals surface area contributed by atoms with E-state index in [4.69, 9.17) is 4.42 Å². The zero-order valence-corrected chi connectivity index (χ0v) is 16.2. The van der Waals surface area contributed by atoms with E-state index in [9.17, 15) is 0 Å². The topological polar surface area (TPSA) is 16.4 Å². The Bertz CT molecular complexity index is 874. The van der Waals surface area contributed by atoms with Gasteiger partial charge >= 0.3 is 163 Å². The maximum atomic E-state index is 5.83. The first-order chi connectivity index (χ1) is 12.8. The van der Waals surface area contributed by atoms with E-state index in [1.807, 2.05) is 6.07 Å². The third kappa shape index (κ3) is 3.07. The minimum atomic E-state index is 0.165. The van der Waals surface area contributed by atoms with Gasteiger partial charge in [-0.25, -0.2) is 0 Å². The van der Waals surface area contributed by atoms with Crippen LogP contribution in [0.3, 0.4) is 0 Å². The van der Waals surface area contributed by atoms with Crippen LogP contribution in [-0.2, 0) is 15.9 Å². The summed E-state index contributed by atoms with van der Waals surface area (Å²) < 4.78 is 7.03. The quantitative estimate of drug-likeness (QED) is 0.660. The molecule has 2 nitrogen and oxygen atoms in total. The molecule has 0 spiro atoms. The molecule has 0 fully saturated rings. The second-order valence-electron chi connectivity index (χ2n) is 6.60. The average Bonchev–Trinajstić information content (AvgIpc) is 3.36. The zero-order valence-electron chi connectivity index (χ0n) is 14.9. The van der Waals surface area contributed by atoms with E-state index in [0.717, 1.165) is 12.3 Å². The van der Waals surface area contributed by atoms with Gasteiger partial charge in [-0.15, -0.1) is 0 Å². The first-order valence-corrected chi connectivity index (χ1v) is 9.81. The molecule has 0 saturated heterocycles. The molecule has 1 aliphatic carbocycles. The van der Waals surface area contributed by atoms with Crippen LogP contribution < -0.4 is 0 Å². The Morgan fingerprint density at radius 3 is 2.65 bits per heavy atom. The predicted molar refractivity (Wildman–Crippen MR) is 102 cm³/mol. The van der Waals surface area contributed by atoms with E-state index in [1.54, 1.807) is 6.26 Å². The number of hydrogen-bond donors (Lipinski definition) is 0. The maximum absolute atomic E-state index is 5.83. The summed E-state index contributed by atoms with van der Waals surface area (Å²) in [6.07, 6.45) is 12.7. The average molecular weight is 380 g/mol. The molecule has 1 unspecified atom stereocenters. The monoisotopic (exact) mass is 380 g/mol. The van der Waals surface area contributed by atoms with Gasteiger partial charge in [-0.3, -0.25) is 0 Å². The molecule has 1 aromatic carbocycles. The van der Waals surface area contributed by atoms with Gasteiger partial charge in [0.1, 0.15) is 0 Å². The molecular weight excluding hydrogens is 358 g/mol. The summed E-state index contributed by atoms with van der Waals surface area (Å²) in [4.78, 5) is 2.49. The number of hydrogen-bond acceptors (Lipinski definition) is 2. The third-order valence-corrected chi connectivity index (χ3v) is 5.62. The standard InChI is InChI=1S/C23H22NO.Cr/c1-2-3-15-24-22(19-12-7-8-13-19)20(17-18-10-5-4-6-11-18)23(24)21-14-9-16-25-21;/h4-14,16,23H,2-3,15H2,1H3;. The number of rotatable bonds is 7. The first kappa shape index (κ1) is 17.3. The molecule has 2 aromatic rings. The van der Waals surface area contributed by atoms with Gasteiger partial charge in [0.2, 0.25) is 0 Å². The van der Waals surface area contributed by atoms with Crippen molar-refractivity contribution in [2.75, 3.05) is 6.54 Å². The summed E-state index contributed by atoms with van der Waals surface area (Å²) in [5.74, 6) is 1.01. The molecule has 0 bridgehead atoms. The molecule has 1 atom stereocenters. The SMILES string of the molecule is CCCCN1C(C2=C[CH]C=C2)=C([C](=[Cr])c2ccccc2)C1c1ccco1. The Kier molecular flexibility index (Phi) is 5.11. The van der Waals surface area contributed by atoms with Crippen molar-refractivity contribution in [1.29, 1.82) is 0 Å². The van der Waals surface area contributed by atoms with Crippen LogP contribution in [0.1, 0.15) is 37.1 Å². The Balaban J connectivity index is 1.81. The second-order valence-corrected chi connectivity index (χ2v) is 7.23. The predicted octanol–water partition coefficient (Wildman–Crippen LogP) is 5.16. The van der Waals surface area contributed by atoms with Gasteiger partial charge in [0.15, 0.2) is 0 Å². The Labute approximate surface area is 163 Å². The molecule has 2 aliphatic rings. The molecule has 1 aliphatic heterocycles. The van der Waals surface area contributed by atoms with Crippen LogP contribution in [0.15, 0.2) is 88.2 Å². The fourth-order valence-corrected chi connectivity index (χ4v) is 4.18. The number of allylic oxidation sites excluding steroid dienone is 3. The Hall–Kier alpha value is -2.08. The van der Waals surface area contributed by atoms with E-state index in [-0.39, 0.29) is 6.04 Å². The fraction of sp³-hybridized carbons (Fsp3) is 0.217. The van der Waals surface area contributed by atoms with E-state index < -0.39 is 0 Å². The summed E-state index contributed by atoms with van der Waals surface area (Å²) in [7, 11) is 0. The van der Waals surface area contributed by atoms with Crippen molar-refractivity contribution in [1.82, 2.24) is 4.90 Å². The molecule has 1 aromatic heterocycles. The zero-order chi connectivity index (χ0) is 17.9.